The van der Waals surface area contributed by atoms with Crippen LogP contribution >= 0.6 is 0 Å². The average molecular weight is 333 g/mol. The quantitative estimate of drug-likeness (QED) is 0.616. The summed E-state index contributed by atoms with van der Waals surface area (Å²) in [5.41, 5.74) is 0.890. The van der Waals surface area contributed by atoms with Crippen LogP contribution in [0.3, 0.4) is 0 Å². The van der Waals surface area contributed by atoms with Gasteiger partial charge in [-0.05, 0) is 31.4 Å². The highest BCUT2D eigenvalue weighted by Crippen LogP contribution is 2.38. The summed E-state index contributed by atoms with van der Waals surface area (Å²) in [5.74, 6) is 1.01. The lowest BCUT2D eigenvalue weighted by molar-refractivity contribution is -0.138. The summed E-state index contributed by atoms with van der Waals surface area (Å²) in [6, 6.07) is 2.07. The molecule has 1 saturated carbocycles. The van der Waals surface area contributed by atoms with Crippen LogP contribution in [0.2, 0.25) is 0 Å². The lowest BCUT2D eigenvalue weighted by atomic mass is 9.84. The lowest BCUT2D eigenvalue weighted by Crippen LogP contribution is -2.49. The minimum Gasteiger partial charge on any atom is -0.357 e. The van der Waals surface area contributed by atoms with Crippen LogP contribution in [0.15, 0.2) is 23.5 Å². The Labute approximate surface area is 145 Å². The Morgan fingerprint density at radius 1 is 1.33 bits per heavy atom. The molecule has 0 spiro atoms. The summed E-state index contributed by atoms with van der Waals surface area (Å²) in [7, 11) is 5.70. The van der Waals surface area contributed by atoms with Crippen molar-refractivity contribution in [1.82, 2.24) is 20.1 Å². The summed E-state index contributed by atoms with van der Waals surface area (Å²) < 4.78 is 2.02. The average Bonchev–Trinajstić information content (AvgIpc) is 3.19. The van der Waals surface area contributed by atoms with E-state index < -0.39 is 0 Å². The Morgan fingerprint density at radius 2 is 2.04 bits per heavy atom. The monoisotopic (exact) mass is 333 g/mol. The number of carbonyl (C=O) groups is 1. The Hall–Kier alpha value is -1.98. The van der Waals surface area contributed by atoms with E-state index >= 15 is 0 Å². The molecule has 1 aromatic rings. The second kappa shape index (κ2) is 8.22. The van der Waals surface area contributed by atoms with Crippen molar-refractivity contribution in [3.63, 3.8) is 0 Å². The van der Waals surface area contributed by atoms with Crippen LogP contribution in [0.1, 0.15) is 38.2 Å². The number of rotatable bonds is 6. The fourth-order valence-electron chi connectivity index (χ4n) is 3.41. The molecule has 24 heavy (non-hydrogen) atoms. The van der Waals surface area contributed by atoms with E-state index in [9.17, 15) is 4.79 Å². The van der Waals surface area contributed by atoms with Crippen LogP contribution in [-0.4, -0.2) is 48.5 Å². The van der Waals surface area contributed by atoms with Gasteiger partial charge in [0.05, 0.1) is 12.0 Å². The molecule has 1 fully saturated rings. The van der Waals surface area contributed by atoms with Crippen molar-refractivity contribution >= 4 is 11.9 Å². The largest absolute Gasteiger partial charge is 0.357 e. The molecule has 0 bridgehead atoms. The first-order valence-electron chi connectivity index (χ1n) is 8.81. The summed E-state index contributed by atoms with van der Waals surface area (Å²) >= 11 is 0. The molecule has 1 amide bonds. The molecule has 0 radical (unpaired) electrons. The predicted octanol–water partition coefficient (Wildman–Crippen LogP) is 1.73. The van der Waals surface area contributed by atoms with Gasteiger partial charge in [-0.3, -0.25) is 4.79 Å². The van der Waals surface area contributed by atoms with Gasteiger partial charge in [0.25, 0.3) is 0 Å². The zero-order valence-corrected chi connectivity index (χ0v) is 15.4. The first kappa shape index (κ1) is 18.4. The maximum absolute atomic E-state index is 12.6. The van der Waals surface area contributed by atoms with Gasteiger partial charge < -0.3 is 20.1 Å². The molecular formula is C18H31N5O. The normalized spacial score (nSPS) is 16.9. The molecule has 1 heterocycles. The number of hydrogen-bond acceptors (Lipinski definition) is 2. The number of nitrogens with one attached hydrogen (secondary N) is 2. The van der Waals surface area contributed by atoms with Crippen LogP contribution in [0.4, 0.5) is 0 Å². The Bertz CT molecular complexity index is 570. The predicted molar refractivity (Wildman–Crippen MR) is 97.8 cm³/mol. The van der Waals surface area contributed by atoms with Gasteiger partial charge in [-0.15, -0.1) is 0 Å². The first-order chi connectivity index (χ1) is 11.5. The van der Waals surface area contributed by atoms with Crippen molar-refractivity contribution in [2.45, 2.75) is 39.2 Å². The maximum atomic E-state index is 12.6. The van der Waals surface area contributed by atoms with E-state index in [1.807, 2.05) is 31.9 Å². The number of aromatic nitrogens is 1. The van der Waals surface area contributed by atoms with Gasteiger partial charge in [-0.1, -0.05) is 12.8 Å². The third kappa shape index (κ3) is 4.52. The van der Waals surface area contributed by atoms with E-state index in [0.29, 0.717) is 13.1 Å². The smallest absolute Gasteiger partial charge is 0.230 e. The second-order valence-electron chi connectivity index (χ2n) is 6.92. The van der Waals surface area contributed by atoms with Crippen molar-refractivity contribution in [2.75, 3.05) is 27.2 Å². The Balaban J connectivity index is 2.02. The molecule has 2 rings (SSSR count). The zero-order chi connectivity index (χ0) is 17.6. The lowest BCUT2D eigenvalue weighted by Gasteiger charge is -2.31. The van der Waals surface area contributed by atoms with Gasteiger partial charge in [-0.25, -0.2) is 4.99 Å². The van der Waals surface area contributed by atoms with Crippen LogP contribution in [0, 0.1) is 5.41 Å². The molecule has 6 nitrogen and oxygen atoms in total. The summed E-state index contributed by atoms with van der Waals surface area (Å²) in [4.78, 5) is 19.0. The SMILES string of the molecule is CCNC(=NCc1ccn(C)c1)NCC1(C(=O)N(C)C)CCCC1. The van der Waals surface area contributed by atoms with Gasteiger partial charge in [0.15, 0.2) is 5.96 Å². The number of aryl methyl sites for hydroxylation is 1. The fourth-order valence-corrected chi connectivity index (χ4v) is 3.41. The molecule has 1 aromatic heterocycles. The van der Waals surface area contributed by atoms with Crippen LogP contribution in [0.5, 0.6) is 0 Å². The molecule has 6 heteroatoms. The summed E-state index contributed by atoms with van der Waals surface area (Å²) in [5, 5.41) is 6.68. The molecular weight excluding hydrogens is 302 g/mol. The molecule has 0 aromatic carbocycles. The van der Waals surface area contributed by atoms with E-state index in [1.54, 1.807) is 4.90 Å². The maximum Gasteiger partial charge on any atom is 0.230 e. The third-order valence-electron chi connectivity index (χ3n) is 4.67. The molecule has 1 aliphatic rings. The van der Waals surface area contributed by atoms with Crippen molar-refractivity contribution in [3.8, 4) is 0 Å². The topological polar surface area (TPSA) is 61.7 Å². The van der Waals surface area contributed by atoms with Crippen LogP contribution in [-0.2, 0) is 18.4 Å². The van der Waals surface area contributed by atoms with Gasteiger partial charge in [0, 0.05) is 46.6 Å². The van der Waals surface area contributed by atoms with Gasteiger partial charge >= 0.3 is 0 Å². The first-order valence-corrected chi connectivity index (χ1v) is 8.81. The third-order valence-corrected chi connectivity index (χ3v) is 4.67. The fraction of sp³-hybridized carbons (Fsp3) is 0.667. The minimum absolute atomic E-state index is 0.228. The van der Waals surface area contributed by atoms with Gasteiger partial charge in [0.1, 0.15) is 0 Å². The number of amides is 1. The highest BCUT2D eigenvalue weighted by atomic mass is 16.2. The van der Waals surface area contributed by atoms with E-state index in [0.717, 1.165) is 38.2 Å². The van der Waals surface area contributed by atoms with Crippen molar-refractivity contribution in [1.29, 1.82) is 0 Å². The van der Waals surface area contributed by atoms with E-state index in [1.165, 1.54) is 5.56 Å². The second-order valence-corrected chi connectivity index (χ2v) is 6.92. The number of hydrogen-bond donors (Lipinski definition) is 2. The van der Waals surface area contributed by atoms with Gasteiger partial charge in [0.2, 0.25) is 5.91 Å². The van der Waals surface area contributed by atoms with Crippen LogP contribution in [0.25, 0.3) is 0 Å². The number of aliphatic imine (C=N–C) groups is 1. The zero-order valence-electron chi connectivity index (χ0n) is 15.4. The van der Waals surface area contributed by atoms with Crippen molar-refractivity contribution in [3.05, 3.63) is 24.0 Å². The molecule has 2 N–H and O–H groups in total. The summed E-state index contributed by atoms with van der Waals surface area (Å²) in [6.45, 7) is 4.13. The highest BCUT2D eigenvalue weighted by molar-refractivity contribution is 5.85. The molecule has 1 aliphatic carbocycles. The van der Waals surface area contributed by atoms with Crippen molar-refractivity contribution in [2.24, 2.45) is 17.5 Å². The van der Waals surface area contributed by atoms with Crippen molar-refractivity contribution < 1.29 is 4.79 Å². The van der Waals surface area contributed by atoms with Gasteiger partial charge in [-0.2, -0.15) is 0 Å². The number of guanidine groups is 1. The molecule has 134 valence electrons. The molecule has 0 unspecified atom stereocenters. The van der Waals surface area contributed by atoms with Crippen LogP contribution < -0.4 is 10.6 Å². The molecule has 0 atom stereocenters. The Morgan fingerprint density at radius 3 is 2.58 bits per heavy atom. The van der Waals surface area contributed by atoms with E-state index in [2.05, 4.69) is 34.8 Å². The standard InChI is InChI=1S/C18H31N5O/c1-5-19-17(20-12-15-8-11-23(4)13-15)21-14-18(9-6-7-10-18)16(24)22(2)3/h8,11,13H,5-7,9-10,12,14H2,1-4H3,(H2,19,20,21). The number of carbonyl (C=O) groups excluding carboxylic acids is 1. The van der Waals surface area contributed by atoms with E-state index in [-0.39, 0.29) is 11.3 Å². The molecule has 0 saturated heterocycles. The van der Waals surface area contributed by atoms with E-state index in [4.69, 9.17) is 0 Å². The number of nitrogens with zero attached hydrogens (tertiary/aromatic N) is 3. The minimum atomic E-state index is -0.285. The highest BCUT2D eigenvalue weighted by Gasteiger charge is 2.42. The molecule has 0 aliphatic heterocycles. The summed E-state index contributed by atoms with van der Waals surface area (Å²) in [6.07, 6.45) is 8.25. The Kier molecular flexibility index (Phi) is 6.29.